The molecule has 0 aliphatic heterocycles. The molecule has 0 saturated carbocycles. The molecule has 1 unspecified atom stereocenters. The van der Waals surface area contributed by atoms with Crippen LogP contribution in [-0.4, -0.2) is 15.3 Å². The van der Waals surface area contributed by atoms with E-state index in [0.717, 1.165) is 5.69 Å². The lowest BCUT2D eigenvalue weighted by atomic mass is 10.2. The van der Waals surface area contributed by atoms with Crippen molar-refractivity contribution in [3.63, 3.8) is 0 Å². The van der Waals surface area contributed by atoms with Gasteiger partial charge in [-0.05, 0) is 12.8 Å². The van der Waals surface area contributed by atoms with E-state index >= 15 is 0 Å². The van der Waals surface area contributed by atoms with E-state index in [-0.39, 0.29) is 6.61 Å². The molecule has 60 valence electrons. The van der Waals surface area contributed by atoms with Gasteiger partial charge in [0.25, 0.3) is 0 Å². The number of aromatic amines is 1. The van der Waals surface area contributed by atoms with Gasteiger partial charge < -0.3 is 5.11 Å². The third kappa shape index (κ3) is 0.860. The standard InChI is InChI=1S/C7H9FN2O/c8-4-1-2-5-7(4)6(3-11)10-9-5/h4,11H,1-3H2,(H,9,10). The Morgan fingerprint density at radius 2 is 2.55 bits per heavy atom. The summed E-state index contributed by atoms with van der Waals surface area (Å²) in [6.45, 7) is -0.174. The highest BCUT2D eigenvalue weighted by molar-refractivity contribution is 5.31. The average Bonchev–Trinajstić information content (AvgIpc) is 2.54. The fraction of sp³-hybridized carbons (Fsp3) is 0.571. The van der Waals surface area contributed by atoms with Gasteiger partial charge in [0.15, 0.2) is 0 Å². The van der Waals surface area contributed by atoms with Crippen LogP contribution in [-0.2, 0) is 13.0 Å². The third-order valence-electron chi connectivity index (χ3n) is 2.07. The van der Waals surface area contributed by atoms with Crippen LogP contribution in [0.5, 0.6) is 0 Å². The van der Waals surface area contributed by atoms with Gasteiger partial charge in [-0.3, -0.25) is 5.10 Å². The minimum absolute atomic E-state index is 0.174. The lowest BCUT2D eigenvalue weighted by Gasteiger charge is -1.97. The average molecular weight is 156 g/mol. The first-order valence-corrected chi connectivity index (χ1v) is 3.64. The van der Waals surface area contributed by atoms with E-state index in [9.17, 15) is 4.39 Å². The summed E-state index contributed by atoms with van der Waals surface area (Å²) in [4.78, 5) is 0. The van der Waals surface area contributed by atoms with Crippen molar-refractivity contribution in [2.45, 2.75) is 25.6 Å². The van der Waals surface area contributed by atoms with E-state index in [4.69, 9.17) is 5.11 Å². The summed E-state index contributed by atoms with van der Waals surface area (Å²) in [5, 5.41) is 15.3. The molecule has 0 amide bonds. The summed E-state index contributed by atoms with van der Waals surface area (Å²) in [5.41, 5.74) is 1.90. The Hall–Kier alpha value is -0.900. The molecule has 2 N–H and O–H groups in total. The zero-order chi connectivity index (χ0) is 7.84. The molecule has 4 heteroatoms. The van der Waals surface area contributed by atoms with Crippen LogP contribution in [0, 0.1) is 0 Å². The van der Waals surface area contributed by atoms with Gasteiger partial charge in [-0.1, -0.05) is 0 Å². The molecular formula is C7H9FN2O. The number of H-pyrrole nitrogens is 1. The van der Waals surface area contributed by atoms with Crippen molar-refractivity contribution >= 4 is 0 Å². The second kappa shape index (κ2) is 2.30. The SMILES string of the molecule is OCc1n[nH]c2c1C(F)CC2. The number of aromatic nitrogens is 2. The lowest BCUT2D eigenvalue weighted by molar-refractivity contribution is 0.268. The summed E-state index contributed by atoms with van der Waals surface area (Å²) >= 11 is 0. The summed E-state index contributed by atoms with van der Waals surface area (Å²) in [6, 6.07) is 0. The van der Waals surface area contributed by atoms with Crippen molar-refractivity contribution in [3.8, 4) is 0 Å². The first-order valence-electron chi connectivity index (χ1n) is 3.64. The molecule has 1 aromatic rings. The molecule has 0 spiro atoms. The topological polar surface area (TPSA) is 48.9 Å². The molecule has 3 nitrogen and oxygen atoms in total. The molecule has 1 heterocycles. The van der Waals surface area contributed by atoms with Gasteiger partial charge in [-0.2, -0.15) is 5.10 Å². The van der Waals surface area contributed by atoms with Crippen LogP contribution in [0.3, 0.4) is 0 Å². The number of aliphatic hydroxyl groups is 1. The molecule has 1 atom stereocenters. The molecule has 0 saturated heterocycles. The highest BCUT2D eigenvalue weighted by Crippen LogP contribution is 2.34. The van der Waals surface area contributed by atoms with Crippen molar-refractivity contribution in [2.75, 3.05) is 0 Å². The monoisotopic (exact) mass is 156 g/mol. The van der Waals surface area contributed by atoms with Crippen molar-refractivity contribution in [1.82, 2.24) is 10.2 Å². The van der Waals surface area contributed by atoms with Gasteiger partial charge in [0, 0.05) is 11.3 Å². The molecule has 0 aromatic carbocycles. The molecule has 1 aromatic heterocycles. The minimum Gasteiger partial charge on any atom is -0.390 e. The number of fused-ring (bicyclic) bond motifs is 1. The van der Waals surface area contributed by atoms with Crippen LogP contribution in [0.4, 0.5) is 4.39 Å². The fourth-order valence-corrected chi connectivity index (χ4v) is 1.53. The maximum absolute atomic E-state index is 13.0. The summed E-state index contributed by atoms with van der Waals surface area (Å²) < 4.78 is 13.0. The third-order valence-corrected chi connectivity index (χ3v) is 2.07. The second-order valence-electron chi connectivity index (χ2n) is 2.73. The van der Waals surface area contributed by atoms with Gasteiger partial charge in [-0.15, -0.1) is 0 Å². The number of alkyl halides is 1. The summed E-state index contributed by atoms with van der Waals surface area (Å²) in [5.74, 6) is 0. The Bertz CT molecular complexity index is 271. The van der Waals surface area contributed by atoms with Crippen LogP contribution in [0.1, 0.15) is 29.5 Å². The van der Waals surface area contributed by atoms with Crippen molar-refractivity contribution in [1.29, 1.82) is 0 Å². The highest BCUT2D eigenvalue weighted by Gasteiger charge is 2.27. The predicted molar refractivity (Wildman–Crippen MR) is 36.7 cm³/mol. The summed E-state index contributed by atoms with van der Waals surface area (Å²) in [7, 11) is 0. The quantitative estimate of drug-likeness (QED) is 0.633. The van der Waals surface area contributed by atoms with E-state index in [1.807, 2.05) is 0 Å². The minimum atomic E-state index is -0.925. The Morgan fingerprint density at radius 3 is 3.27 bits per heavy atom. The Labute approximate surface area is 63.2 Å². The first-order chi connectivity index (χ1) is 5.33. The number of nitrogens with one attached hydrogen (secondary N) is 1. The Kier molecular flexibility index (Phi) is 1.42. The maximum Gasteiger partial charge on any atom is 0.129 e. The number of aliphatic hydroxyl groups excluding tert-OH is 1. The smallest absolute Gasteiger partial charge is 0.129 e. The zero-order valence-corrected chi connectivity index (χ0v) is 5.97. The van der Waals surface area contributed by atoms with Crippen molar-refractivity contribution in [3.05, 3.63) is 17.0 Å². The van der Waals surface area contributed by atoms with Crippen LogP contribution >= 0.6 is 0 Å². The van der Waals surface area contributed by atoms with Crippen LogP contribution < -0.4 is 0 Å². The van der Waals surface area contributed by atoms with Crippen LogP contribution in [0.2, 0.25) is 0 Å². The number of halogens is 1. The van der Waals surface area contributed by atoms with Gasteiger partial charge in [0.1, 0.15) is 6.17 Å². The van der Waals surface area contributed by atoms with Crippen LogP contribution in [0.25, 0.3) is 0 Å². The molecule has 0 bridgehead atoms. The Balaban J connectivity index is 2.46. The first kappa shape index (κ1) is 6.79. The Morgan fingerprint density at radius 1 is 1.73 bits per heavy atom. The number of rotatable bonds is 1. The molecule has 1 aliphatic rings. The molecule has 11 heavy (non-hydrogen) atoms. The van der Waals surface area contributed by atoms with E-state index < -0.39 is 6.17 Å². The normalized spacial score (nSPS) is 22.2. The van der Waals surface area contributed by atoms with Gasteiger partial charge in [-0.25, -0.2) is 4.39 Å². The van der Waals surface area contributed by atoms with E-state index in [1.165, 1.54) is 0 Å². The fourth-order valence-electron chi connectivity index (χ4n) is 1.53. The molecule has 2 rings (SSSR count). The molecule has 0 radical (unpaired) electrons. The number of hydrogen-bond donors (Lipinski definition) is 2. The van der Waals surface area contributed by atoms with Gasteiger partial charge in [0.2, 0.25) is 0 Å². The van der Waals surface area contributed by atoms with Crippen molar-refractivity contribution in [2.24, 2.45) is 0 Å². The lowest BCUT2D eigenvalue weighted by Crippen LogP contribution is -1.91. The zero-order valence-electron chi connectivity index (χ0n) is 5.97. The predicted octanol–water partition coefficient (Wildman–Crippen LogP) is 0.859. The van der Waals surface area contributed by atoms with Crippen LogP contribution in [0.15, 0.2) is 0 Å². The maximum atomic E-state index is 13.0. The van der Waals surface area contributed by atoms with E-state index in [2.05, 4.69) is 10.2 Å². The molecule has 0 fully saturated rings. The number of nitrogens with zero attached hydrogens (tertiary/aromatic N) is 1. The van der Waals surface area contributed by atoms with E-state index in [0.29, 0.717) is 24.1 Å². The van der Waals surface area contributed by atoms with E-state index in [1.54, 1.807) is 0 Å². The highest BCUT2D eigenvalue weighted by atomic mass is 19.1. The number of aryl methyl sites for hydroxylation is 1. The largest absolute Gasteiger partial charge is 0.390 e. The van der Waals surface area contributed by atoms with Crippen molar-refractivity contribution < 1.29 is 9.50 Å². The number of hydrogen-bond acceptors (Lipinski definition) is 2. The molecule has 1 aliphatic carbocycles. The van der Waals surface area contributed by atoms with Gasteiger partial charge >= 0.3 is 0 Å². The molecular weight excluding hydrogens is 147 g/mol. The van der Waals surface area contributed by atoms with Gasteiger partial charge in [0.05, 0.1) is 12.3 Å². The summed E-state index contributed by atoms with van der Waals surface area (Å²) in [6.07, 6.45) is 0.311. The second-order valence-corrected chi connectivity index (χ2v) is 2.73.